The van der Waals surface area contributed by atoms with Crippen LogP contribution in [-0.4, -0.2) is 14.7 Å². The van der Waals surface area contributed by atoms with Crippen molar-refractivity contribution in [3.8, 4) is 0 Å². The van der Waals surface area contributed by atoms with Crippen LogP contribution in [0.1, 0.15) is 0 Å². The van der Waals surface area contributed by atoms with Gasteiger partial charge in [-0.05, 0) is 0 Å². The Bertz CT molecular complexity index is 30.8. The zero-order valence-electron chi connectivity index (χ0n) is 2.93. The fourth-order valence-electron chi connectivity index (χ4n) is 0.0527. The molecule has 0 saturated carbocycles. The van der Waals surface area contributed by atoms with Gasteiger partial charge in [0.05, 0.1) is 0 Å². The monoisotopic (exact) mass is 71.0 g/mol. The zero-order chi connectivity index (χ0) is 4.12. The Labute approximate surface area is 31.4 Å². The van der Waals surface area contributed by atoms with E-state index in [1.54, 1.807) is 0 Å². The Kier molecular flexibility index (Phi) is 3.35. The molecule has 0 atom stereocenters. The summed E-state index contributed by atoms with van der Waals surface area (Å²) in [5.41, 5.74) is 2.01. The van der Waals surface area contributed by atoms with Crippen molar-refractivity contribution in [1.29, 1.82) is 0 Å². The van der Waals surface area contributed by atoms with Crippen molar-refractivity contribution in [2.24, 2.45) is 5.00 Å². The number of hydrogen-bond acceptors (Lipinski definition) is 3. The molecule has 0 heterocycles. The topological polar surface area (TPSA) is 33.6 Å². The van der Waals surface area contributed by atoms with E-state index in [1.165, 1.54) is 7.11 Å². The number of hydrogen-bond donors (Lipinski definition) is 1. The van der Waals surface area contributed by atoms with Crippen molar-refractivity contribution in [2.45, 2.75) is 0 Å². The first kappa shape index (κ1) is 4.62. The van der Waals surface area contributed by atoms with Crippen molar-refractivity contribution < 1.29 is 4.84 Å². The standard InChI is InChI=1S/CH4BN2O/c1-5-4-3-2/h4H,1H3. The summed E-state index contributed by atoms with van der Waals surface area (Å²) in [6, 6.07) is 0. The average molecular weight is 70.9 g/mol. The summed E-state index contributed by atoms with van der Waals surface area (Å²) in [4.78, 5) is 4.15. The molecule has 3 nitrogen and oxygen atoms in total. The third-order valence-corrected chi connectivity index (χ3v) is 0.144. The van der Waals surface area contributed by atoms with Crippen LogP contribution < -0.4 is 5.59 Å². The predicted octanol–water partition coefficient (Wildman–Crippen LogP) is -0.596. The van der Waals surface area contributed by atoms with Crippen molar-refractivity contribution in [2.75, 3.05) is 7.11 Å². The van der Waals surface area contributed by atoms with E-state index in [0.717, 1.165) is 0 Å². The molecule has 4 heteroatoms. The molecular formula is CH4BN2O. The van der Waals surface area contributed by atoms with E-state index in [2.05, 4.69) is 17.5 Å². The summed E-state index contributed by atoms with van der Waals surface area (Å²) >= 11 is 0. The van der Waals surface area contributed by atoms with Gasteiger partial charge in [0, 0.05) is 0 Å². The molecule has 0 amide bonds. The molecule has 0 aliphatic carbocycles. The maximum atomic E-state index is 4.53. The molecule has 0 aliphatic rings. The second-order valence-corrected chi connectivity index (χ2v) is 0.425. The quantitative estimate of drug-likeness (QED) is 0.348. The van der Waals surface area contributed by atoms with Gasteiger partial charge in [-0.1, -0.05) is 0 Å². The fraction of sp³-hybridized carbons (Fsp3) is 1.00. The van der Waals surface area contributed by atoms with Crippen LogP contribution in [0.3, 0.4) is 0 Å². The zero-order valence-corrected chi connectivity index (χ0v) is 2.93. The van der Waals surface area contributed by atoms with E-state index in [1.807, 2.05) is 5.59 Å². The van der Waals surface area contributed by atoms with Crippen LogP contribution in [0.4, 0.5) is 0 Å². The summed E-state index contributed by atoms with van der Waals surface area (Å²) < 4.78 is 0. The summed E-state index contributed by atoms with van der Waals surface area (Å²) in [7, 11) is 5.95. The molecule has 0 aliphatic heterocycles. The van der Waals surface area contributed by atoms with Crippen LogP contribution >= 0.6 is 0 Å². The first-order valence-electron chi connectivity index (χ1n) is 1.09. The molecule has 0 bridgehead atoms. The van der Waals surface area contributed by atoms with E-state index >= 15 is 0 Å². The Hall–Kier alpha value is -0.375. The van der Waals surface area contributed by atoms with Gasteiger partial charge < -0.3 is 0 Å². The Morgan fingerprint density at radius 2 is 2.60 bits per heavy atom. The number of nitrogens with one attached hydrogen (secondary N) is 1. The molecule has 0 rings (SSSR count). The second-order valence-electron chi connectivity index (χ2n) is 0.425. The van der Waals surface area contributed by atoms with E-state index in [0.29, 0.717) is 0 Å². The average Bonchev–Trinajstić information content (AvgIpc) is 1.41. The molecule has 0 saturated heterocycles. The predicted molar refractivity (Wildman–Crippen MR) is 18.3 cm³/mol. The van der Waals surface area contributed by atoms with Gasteiger partial charge in [-0.15, -0.1) is 0 Å². The molecule has 0 aromatic carbocycles. The van der Waals surface area contributed by atoms with Crippen LogP contribution in [-0.2, 0) is 4.84 Å². The minimum atomic E-state index is 1.43. The summed E-state index contributed by atoms with van der Waals surface area (Å²) in [6.45, 7) is 0. The van der Waals surface area contributed by atoms with Gasteiger partial charge in [0.15, 0.2) is 0 Å². The Balaban J connectivity index is 2.40. The minimum absolute atomic E-state index is 1.43. The molecule has 5 heavy (non-hydrogen) atoms. The Morgan fingerprint density at radius 1 is 2.00 bits per heavy atom. The van der Waals surface area contributed by atoms with Gasteiger partial charge >= 0.3 is 30.2 Å². The van der Waals surface area contributed by atoms with Crippen molar-refractivity contribution in [3.63, 3.8) is 0 Å². The summed E-state index contributed by atoms with van der Waals surface area (Å²) in [6.07, 6.45) is 0. The van der Waals surface area contributed by atoms with Crippen LogP contribution in [0.15, 0.2) is 5.00 Å². The van der Waals surface area contributed by atoms with E-state index < -0.39 is 0 Å². The maximum absolute atomic E-state index is 4.53. The van der Waals surface area contributed by atoms with E-state index in [9.17, 15) is 0 Å². The summed E-state index contributed by atoms with van der Waals surface area (Å²) in [5.74, 6) is 0. The molecule has 1 N–H and O–H groups in total. The van der Waals surface area contributed by atoms with Crippen LogP contribution in [0.5, 0.6) is 0 Å². The molecule has 0 aromatic rings. The SMILES string of the molecule is [B]=NNOC. The van der Waals surface area contributed by atoms with Crippen molar-refractivity contribution in [1.82, 2.24) is 5.59 Å². The number of nitrogens with zero attached hydrogens (tertiary/aromatic N) is 1. The molecule has 0 unspecified atom stereocenters. The second kappa shape index (κ2) is 3.62. The van der Waals surface area contributed by atoms with E-state index in [4.69, 9.17) is 0 Å². The van der Waals surface area contributed by atoms with E-state index in [-0.39, 0.29) is 0 Å². The first-order valence-corrected chi connectivity index (χ1v) is 1.09. The summed E-state index contributed by atoms with van der Waals surface area (Å²) in [5, 5.41) is 2.88. The van der Waals surface area contributed by atoms with Crippen LogP contribution in [0, 0.1) is 0 Å². The van der Waals surface area contributed by atoms with Crippen molar-refractivity contribution in [3.05, 3.63) is 0 Å². The molecular weight excluding hydrogens is 66.8 g/mol. The first-order chi connectivity index (χ1) is 2.41. The van der Waals surface area contributed by atoms with Gasteiger partial charge in [0.2, 0.25) is 0 Å². The number of rotatable bonds is 2. The van der Waals surface area contributed by atoms with Gasteiger partial charge in [0.1, 0.15) is 0 Å². The molecule has 0 aromatic heterocycles. The van der Waals surface area contributed by atoms with Gasteiger partial charge in [0.25, 0.3) is 0 Å². The molecule has 27 valence electrons. The third-order valence-electron chi connectivity index (χ3n) is 0.144. The van der Waals surface area contributed by atoms with Crippen molar-refractivity contribution >= 4 is 7.64 Å². The molecule has 0 fully saturated rings. The van der Waals surface area contributed by atoms with Crippen LogP contribution in [0.2, 0.25) is 0 Å². The van der Waals surface area contributed by atoms with Gasteiger partial charge in [-0.25, -0.2) is 0 Å². The van der Waals surface area contributed by atoms with Gasteiger partial charge in [-0.2, -0.15) is 0 Å². The molecule has 1 radical (unpaired) electrons. The molecule has 0 spiro atoms. The fourth-order valence-corrected chi connectivity index (χ4v) is 0.0527. The van der Waals surface area contributed by atoms with Crippen LogP contribution in [0.25, 0.3) is 0 Å². The normalized spacial score (nSPS) is 6.40. The Morgan fingerprint density at radius 3 is 2.60 bits per heavy atom. The third kappa shape index (κ3) is 3.62. The van der Waals surface area contributed by atoms with Gasteiger partial charge in [-0.3, -0.25) is 0 Å².